The molecule has 35 heavy (non-hydrogen) atoms. The third-order valence-electron chi connectivity index (χ3n) is 5.76. The maximum absolute atomic E-state index is 13.5. The van der Waals surface area contributed by atoms with E-state index in [9.17, 15) is 22.8 Å². The van der Waals surface area contributed by atoms with E-state index >= 15 is 0 Å². The Hall–Kier alpha value is -3.61. The number of carbonyl (C=O) groups excluding carboxylic acids is 2. The second-order valence-electron chi connectivity index (χ2n) is 8.23. The molecule has 0 aliphatic carbocycles. The average Bonchev–Trinajstić information content (AvgIpc) is 2.85. The molecule has 0 radical (unpaired) electrons. The molecule has 0 heterocycles. The molecular weight excluding hydrogens is 457 g/mol. The van der Waals surface area contributed by atoms with Crippen LogP contribution in [0.15, 0.2) is 72.8 Å². The Morgan fingerprint density at radius 2 is 1.63 bits per heavy atom. The van der Waals surface area contributed by atoms with Gasteiger partial charge in [-0.3, -0.25) is 9.59 Å². The Labute approximate surface area is 202 Å². The van der Waals surface area contributed by atoms with Gasteiger partial charge in [0.25, 0.3) is 0 Å². The normalized spacial score (nSPS) is 12.1. The minimum absolute atomic E-state index is 0.0453. The molecule has 0 aliphatic heterocycles. The first-order chi connectivity index (χ1) is 16.7. The molecule has 1 atom stereocenters. The number of rotatable bonds is 9. The Balaban J connectivity index is 1.90. The minimum atomic E-state index is -4.52. The highest BCUT2D eigenvalue weighted by atomic mass is 19.4. The lowest BCUT2D eigenvalue weighted by Crippen LogP contribution is -2.20. The molecule has 184 valence electrons. The fourth-order valence-corrected chi connectivity index (χ4v) is 3.81. The van der Waals surface area contributed by atoms with Crippen LogP contribution in [0.4, 0.5) is 13.2 Å². The summed E-state index contributed by atoms with van der Waals surface area (Å²) < 4.78 is 50.6. The highest BCUT2D eigenvalue weighted by Gasteiger charge is 2.32. The quantitative estimate of drug-likeness (QED) is 0.330. The molecule has 7 heteroatoms. The van der Waals surface area contributed by atoms with Crippen molar-refractivity contribution in [2.45, 2.75) is 39.0 Å². The van der Waals surface area contributed by atoms with Crippen LogP contribution in [-0.2, 0) is 44.7 Å². The molecule has 0 aromatic heterocycles. The maximum atomic E-state index is 13.5. The lowest BCUT2D eigenvalue weighted by molar-refractivity contribution is -0.150. The predicted octanol–water partition coefficient (Wildman–Crippen LogP) is 6.40. The third-order valence-corrected chi connectivity index (χ3v) is 5.76. The molecule has 0 saturated carbocycles. The zero-order valence-corrected chi connectivity index (χ0v) is 19.6. The van der Waals surface area contributed by atoms with E-state index < -0.39 is 29.6 Å². The average molecular weight is 485 g/mol. The van der Waals surface area contributed by atoms with Gasteiger partial charge in [-0.1, -0.05) is 67.6 Å². The fraction of sp³-hybridized carbons (Fsp3) is 0.286. The first-order valence-electron chi connectivity index (χ1n) is 11.3. The van der Waals surface area contributed by atoms with Crippen LogP contribution in [0, 0.1) is 5.92 Å². The number of carbonyl (C=O) groups is 2. The van der Waals surface area contributed by atoms with Crippen molar-refractivity contribution in [3.63, 3.8) is 0 Å². The van der Waals surface area contributed by atoms with Crippen LogP contribution in [0.2, 0.25) is 0 Å². The SMILES string of the molecule is CCC(Cc1cc(C(F)(F)F)ccc1-c1cccc(CC(=O)OC)c1)C(=O)OCc1ccccc1. The zero-order chi connectivity index (χ0) is 25.4. The molecular formula is C28H27F3O4. The standard InChI is InChI=1S/C28H27F3O4/c1-3-21(27(33)35-18-19-8-5-4-6-9-19)16-23-17-24(28(29,30)31)12-13-25(23)22-11-7-10-20(14-22)15-26(32)34-2/h4-14,17,21H,3,15-16,18H2,1-2H3. The van der Waals surface area contributed by atoms with Crippen molar-refractivity contribution < 1.29 is 32.2 Å². The van der Waals surface area contributed by atoms with Gasteiger partial charge in [0.2, 0.25) is 0 Å². The molecule has 0 amide bonds. The van der Waals surface area contributed by atoms with Gasteiger partial charge in [0, 0.05) is 0 Å². The summed E-state index contributed by atoms with van der Waals surface area (Å²) in [4.78, 5) is 24.5. The van der Waals surface area contributed by atoms with E-state index in [1.807, 2.05) is 30.3 Å². The number of hydrogen-bond acceptors (Lipinski definition) is 4. The zero-order valence-electron chi connectivity index (χ0n) is 19.6. The molecule has 0 aliphatic rings. The number of esters is 2. The summed E-state index contributed by atoms with van der Waals surface area (Å²) in [6.45, 7) is 1.90. The molecule has 0 bridgehead atoms. The summed E-state index contributed by atoms with van der Waals surface area (Å²) in [6, 6.07) is 19.7. The summed E-state index contributed by atoms with van der Waals surface area (Å²) in [5, 5.41) is 0. The maximum Gasteiger partial charge on any atom is 0.416 e. The topological polar surface area (TPSA) is 52.6 Å². The fourth-order valence-electron chi connectivity index (χ4n) is 3.81. The lowest BCUT2D eigenvalue weighted by Gasteiger charge is -2.19. The van der Waals surface area contributed by atoms with Gasteiger partial charge in [0.1, 0.15) is 6.61 Å². The van der Waals surface area contributed by atoms with Crippen molar-refractivity contribution in [3.8, 4) is 11.1 Å². The molecule has 0 N–H and O–H groups in total. The van der Waals surface area contributed by atoms with Gasteiger partial charge in [-0.2, -0.15) is 13.2 Å². The molecule has 3 aromatic carbocycles. The Morgan fingerprint density at radius 3 is 2.29 bits per heavy atom. The smallest absolute Gasteiger partial charge is 0.416 e. The number of ether oxygens (including phenoxy) is 2. The molecule has 3 rings (SSSR count). The van der Waals surface area contributed by atoms with Gasteiger partial charge < -0.3 is 9.47 Å². The highest BCUT2D eigenvalue weighted by Crippen LogP contribution is 2.35. The van der Waals surface area contributed by atoms with Gasteiger partial charge in [-0.15, -0.1) is 0 Å². The van der Waals surface area contributed by atoms with Crippen LogP contribution >= 0.6 is 0 Å². The Bertz CT molecular complexity index is 1160. The van der Waals surface area contributed by atoms with E-state index in [4.69, 9.17) is 9.47 Å². The van der Waals surface area contributed by atoms with Crippen LogP contribution in [0.3, 0.4) is 0 Å². The first kappa shape index (κ1) is 26.0. The van der Waals surface area contributed by atoms with Gasteiger partial charge in [0.15, 0.2) is 0 Å². The van der Waals surface area contributed by atoms with Crippen molar-refractivity contribution in [2.24, 2.45) is 5.92 Å². The Morgan fingerprint density at radius 1 is 0.914 bits per heavy atom. The van der Waals surface area contributed by atoms with Crippen molar-refractivity contribution >= 4 is 11.9 Å². The monoisotopic (exact) mass is 484 g/mol. The van der Waals surface area contributed by atoms with E-state index in [0.717, 1.165) is 17.7 Å². The number of halogens is 3. The van der Waals surface area contributed by atoms with Crippen LogP contribution in [-0.4, -0.2) is 19.0 Å². The lowest BCUT2D eigenvalue weighted by atomic mass is 9.89. The summed E-state index contributed by atoms with van der Waals surface area (Å²) in [6.07, 6.45) is -3.98. The van der Waals surface area contributed by atoms with Gasteiger partial charge >= 0.3 is 18.1 Å². The first-order valence-corrected chi connectivity index (χ1v) is 11.3. The number of methoxy groups -OCH3 is 1. The molecule has 1 unspecified atom stereocenters. The van der Waals surface area contributed by atoms with Crippen molar-refractivity contribution in [1.82, 2.24) is 0 Å². The van der Waals surface area contributed by atoms with E-state index in [1.54, 1.807) is 31.2 Å². The second-order valence-corrected chi connectivity index (χ2v) is 8.23. The van der Waals surface area contributed by atoms with E-state index in [2.05, 4.69) is 0 Å². The predicted molar refractivity (Wildman–Crippen MR) is 126 cm³/mol. The number of benzene rings is 3. The van der Waals surface area contributed by atoms with Gasteiger partial charge in [-0.05, 0) is 52.8 Å². The van der Waals surface area contributed by atoms with E-state index in [1.165, 1.54) is 13.2 Å². The van der Waals surface area contributed by atoms with E-state index in [0.29, 0.717) is 28.7 Å². The van der Waals surface area contributed by atoms with Crippen LogP contribution in [0.25, 0.3) is 11.1 Å². The molecule has 3 aromatic rings. The second kappa shape index (κ2) is 11.7. The van der Waals surface area contributed by atoms with Crippen molar-refractivity contribution in [2.75, 3.05) is 7.11 Å². The molecule has 0 saturated heterocycles. The summed E-state index contributed by atoms with van der Waals surface area (Å²) in [5.41, 5.74) is 2.34. The van der Waals surface area contributed by atoms with Crippen molar-refractivity contribution in [3.05, 3.63) is 95.1 Å². The summed E-state index contributed by atoms with van der Waals surface area (Å²) >= 11 is 0. The van der Waals surface area contributed by atoms with Gasteiger partial charge in [0.05, 0.1) is 25.0 Å². The molecule has 0 spiro atoms. The summed E-state index contributed by atoms with van der Waals surface area (Å²) in [5.74, 6) is -1.49. The Kier molecular flexibility index (Phi) is 8.68. The highest BCUT2D eigenvalue weighted by molar-refractivity contribution is 5.76. The number of alkyl halides is 3. The summed E-state index contributed by atoms with van der Waals surface area (Å²) in [7, 11) is 1.29. The van der Waals surface area contributed by atoms with Crippen LogP contribution in [0.5, 0.6) is 0 Å². The third kappa shape index (κ3) is 7.18. The minimum Gasteiger partial charge on any atom is -0.469 e. The van der Waals surface area contributed by atoms with Crippen LogP contribution < -0.4 is 0 Å². The number of hydrogen-bond donors (Lipinski definition) is 0. The largest absolute Gasteiger partial charge is 0.469 e. The van der Waals surface area contributed by atoms with Gasteiger partial charge in [-0.25, -0.2) is 0 Å². The van der Waals surface area contributed by atoms with Crippen molar-refractivity contribution in [1.29, 1.82) is 0 Å². The molecule has 4 nitrogen and oxygen atoms in total. The van der Waals surface area contributed by atoms with E-state index in [-0.39, 0.29) is 19.4 Å². The van der Waals surface area contributed by atoms with Crippen LogP contribution in [0.1, 0.15) is 35.6 Å². The molecule has 0 fully saturated rings.